The van der Waals surface area contributed by atoms with Gasteiger partial charge in [-0.05, 0) is 38.5 Å². The first-order valence-electron chi connectivity index (χ1n) is 6.53. The third-order valence-corrected chi connectivity index (χ3v) is 4.12. The third-order valence-electron chi connectivity index (χ3n) is 4.12. The minimum atomic E-state index is -0.133. The van der Waals surface area contributed by atoms with E-state index in [0.29, 0.717) is 18.1 Å². The van der Waals surface area contributed by atoms with Gasteiger partial charge in [-0.2, -0.15) is 0 Å². The maximum atomic E-state index is 12.0. The van der Waals surface area contributed by atoms with Crippen LogP contribution in [-0.4, -0.2) is 11.6 Å². The largest absolute Gasteiger partial charge is 0.300 e. The van der Waals surface area contributed by atoms with Crippen LogP contribution in [0.15, 0.2) is 0 Å². The lowest BCUT2D eigenvalue weighted by atomic mass is 9.73. The van der Waals surface area contributed by atoms with Crippen molar-refractivity contribution in [1.82, 2.24) is 0 Å². The predicted molar refractivity (Wildman–Crippen MR) is 65.3 cm³/mol. The highest BCUT2D eigenvalue weighted by molar-refractivity contribution is 5.87. The molecule has 2 nitrogen and oxygen atoms in total. The van der Waals surface area contributed by atoms with Gasteiger partial charge in [0.15, 0.2) is 0 Å². The Hall–Kier alpha value is -0.660. The molecular weight excluding hydrogens is 200 g/mol. The van der Waals surface area contributed by atoms with Gasteiger partial charge in [0.1, 0.15) is 11.6 Å². The zero-order chi connectivity index (χ0) is 12.2. The molecule has 1 fully saturated rings. The van der Waals surface area contributed by atoms with Crippen LogP contribution in [-0.2, 0) is 9.59 Å². The zero-order valence-electron chi connectivity index (χ0n) is 10.8. The van der Waals surface area contributed by atoms with Crippen LogP contribution in [0.5, 0.6) is 0 Å². The summed E-state index contributed by atoms with van der Waals surface area (Å²) >= 11 is 0. The van der Waals surface area contributed by atoms with Crippen molar-refractivity contribution in [3.8, 4) is 0 Å². The van der Waals surface area contributed by atoms with Gasteiger partial charge in [0, 0.05) is 18.3 Å². The van der Waals surface area contributed by atoms with Gasteiger partial charge in [0.05, 0.1) is 0 Å². The fourth-order valence-electron chi connectivity index (χ4n) is 3.00. The molecule has 1 aliphatic carbocycles. The number of hydrogen-bond donors (Lipinski definition) is 0. The summed E-state index contributed by atoms with van der Waals surface area (Å²) in [6.07, 6.45) is 6.52. The van der Waals surface area contributed by atoms with E-state index in [-0.39, 0.29) is 11.2 Å². The number of carbonyl (C=O) groups is 2. The number of ketones is 2. The Morgan fingerprint density at radius 1 is 1.50 bits per heavy atom. The first kappa shape index (κ1) is 13.4. The molecule has 0 saturated heterocycles. The Morgan fingerprint density at radius 2 is 2.19 bits per heavy atom. The summed E-state index contributed by atoms with van der Waals surface area (Å²) < 4.78 is 0. The summed E-state index contributed by atoms with van der Waals surface area (Å²) in [5, 5.41) is 0. The molecule has 92 valence electrons. The minimum absolute atomic E-state index is 0.133. The molecule has 0 amide bonds. The van der Waals surface area contributed by atoms with E-state index in [1.165, 1.54) is 0 Å². The summed E-state index contributed by atoms with van der Waals surface area (Å²) in [5.41, 5.74) is -0.133. The van der Waals surface area contributed by atoms with Gasteiger partial charge < -0.3 is 4.79 Å². The quantitative estimate of drug-likeness (QED) is 0.691. The second kappa shape index (κ2) is 5.60. The van der Waals surface area contributed by atoms with E-state index >= 15 is 0 Å². The van der Waals surface area contributed by atoms with Crippen molar-refractivity contribution in [2.24, 2.45) is 11.3 Å². The van der Waals surface area contributed by atoms with Crippen LogP contribution in [0, 0.1) is 11.3 Å². The van der Waals surface area contributed by atoms with Crippen LogP contribution in [0.4, 0.5) is 0 Å². The summed E-state index contributed by atoms with van der Waals surface area (Å²) in [6.45, 7) is 5.92. The van der Waals surface area contributed by atoms with Crippen molar-refractivity contribution in [3.63, 3.8) is 0 Å². The van der Waals surface area contributed by atoms with E-state index < -0.39 is 0 Å². The summed E-state index contributed by atoms with van der Waals surface area (Å²) in [4.78, 5) is 22.9. The van der Waals surface area contributed by atoms with E-state index in [9.17, 15) is 9.59 Å². The Labute approximate surface area is 98.8 Å². The van der Waals surface area contributed by atoms with E-state index in [1.807, 2.05) is 0 Å². The fourth-order valence-corrected chi connectivity index (χ4v) is 3.00. The van der Waals surface area contributed by atoms with Gasteiger partial charge in [0.25, 0.3) is 0 Å². The molecule has 2 heteroatoms. The molecule has 16 heavy (non-hydrogen) atoms. The smallest absolute Gasteiger partial charge is 0.139 e. The monoisotopic (exact) mass is 224 g/mol. The standard InChI is InChI=1S/C14H24O2/c1-4-6-12-8-9-13(16)14(12,3)10-5-7-11(2)15/h12H,4-10H2,1-3H3/t12-,14-/m0/s1. The van der Waals surface area contributed by atoms with E-state index in [0.717, 1.165) is 38.5 Å². The van der Waals surface area contributed by atoms with Crippen LogP contribution in [0.25, 0.3) is 0 Å². The number of carbonyl (C=O) groups excluding carboxylic acids is 2. The van der Waals surface area contributed by atoms with E-state index in [1.54, 1.807) is 6.92 Å². The normalized spacial score (nSPS) is 29.7. The first-order valence-corrected chi connectivity index (χ1v) is 6.53. The molecule has 0 N–H and O–H groups in total. The average molecular weight is 224 g/mol. The summed E-state index contributed by atoms with van der Waals surface area (Å²) in [7, 11) is 0. The lowest BCUT2D eigenvalue weighted by Crippen LogP contribution is -2.29. The van der Waals surface area contributed by atoms with Crippen molar-refractivity contribution in [2.75, 3.05) is 0 Å². The molecule has 0 unspecified atom stereocenters. The summed E-state index contributed by atoms with van der Waals surface area (Å²) in [6, 6.07) is 0. The Kier molecular flexibility index (Phi) is 4.69. The molecule has 1 aliphatic rings. The van der Waals surface area contributed by atoms with Crippen molar-refractivity contribution in [3.05, 3.63) is 0 Å². The number of rotatable bonds is 6. The number of Topliss-reactive ketones (excluding diaryl/α,β-unsaturated/α-hetero) is 2. The maximum absolute atomic E-state index is 12.0. The zero-order valence-corrected chi connectivity index (χ0v) is 10.8. The van der Waals surface area contributed by atoms with Gasteiger partial charge in [-0.25, -0.2) is 0 Å². The number of hydrogen-bond acceptors (Lipinski definition) is 2. The highest BCUT2D eigenvalue weighted by Crippen LogP contribution is 2.46. The molecule has 2 atom stereocenters. The fraction of sp³-hybridized carbons (Fsp3) is 0.857. The van der Waals surface area contributed by atoms with E-state index in [4.69, 9.17) is 0 Å². The Balaban J connectivity index is 2.56. The predicted octanol–water partition coefficient (Wildman–Crippen LogP) is 3.53. The molecule has 0 bridgehead atoms. The van der Waals surface area contributed by atoms with Gasteiger partial charge in [0.2, 0.25) is 0 Å². The molecule has 0 spiro atoms. The topological polar surface area (TPSA) is 34.1 Å². The van der Waals surface area contributed by atoms with Crippen molar-refractivity contribution < 1.29 is 9.59 Å². The van der Waals surface area contributed by atoms with Crippen LogP contribution >= 0.6 is 0 Å². The third kappa shape index (κ3) is 2.93. The Bertz CT molecular complexity index is 270. The second-order valence-corrected chi connectivity index (χ2v) is 5.42. The van der Waals surface area contributed by atoms with Crippen molar-refractivity contribution in [1.29, 1.82) is 0 Å². The van der Waals surface area contributed by atoms with Crippen LogP contribution < -0.4 is 0 Å². The molecular formula is C14H24O2. The molecule has 0 aromatic rings. The van der Waals surface area contributed by atoms with Crippen LogP contribution in [0.1, 0.15) is 65.7 Å². The van der Waals surface area contributed by atoms with E-state index in [2.05, 4.69) is 13.8 Å². The average Bonchev–Trinajstić information content (AvgIpc) is 2.46. The van der Waals surface area contributed by atoms with Gasteiger partial charge in [-0.1, -0.05) is 20.3 Å². The maximum Gasteiger partial charge on any atom is 0.139 e. The SMILES string of the molecule is CCC[C@H]1CCC(=O)[C@@]1(C)CCCC(C)=O. The van der Waals surface area contributed by atoms with Crippen LogP contribution in [0.2, 0.25) is 0 Å². The van der Waals surface area contributed by atoms with Crippen molar-refractivity contribution >= 4 is 11.6 Å². The lowest BCUT2D eigenvalue weighted by molar-refractivity contribution is -0.127. The van der Waals surface area contributed by atoms with Crippen molar-refractivity contribution in [2.45, 2.75) is 65.7 Å². The molecule has 0 aromatic carbocycles. The molecule has 0 heterocycles. The Morgan fingerprint density at radius 3 is 2.75 bits per heavy atom. The summed E-state index contributed by atoms with van der Waals surface area (Å²) in [5.74, 6) is 1.22. The molecule has 0 aromatic heterocycles. The molecule has 1 rings (SSSR count). The molecule has 0 aliphatic heterocycles. The lowest BCUT2D eigenvalue weighted by Gasteiger charge is -2.30. The highest BCUT2D eigenvalue weighted by Gasteiger charge is 2.44. The van der Waals surface area contributed by atoms with Gasteiger partial charge in [-0.15, -0.1) is 0 Å². The van der Waals surface area contributed by atoms with Crippen LogP contribution in [0.3, 0.4) is 0 Å². The minimum Gasteiger partial charge on any atom is -0.300 e. The highest BCUT2D eigenvalue weighted by atomic mass is 16.1. The molecule has 1 saturated carbocycles. The van der Waals surface area contributed by atoms with Gasteiger partial charge >= 0.3 is 0 Å². The first-order chi connectivity index (χ1) is 7.50. The van der Waals surface area contributed by atoms with Gasteiger partial charge in [-0.3, -0.25) is 4.79 Å². The second-order valence-electron chi connectivity index (χ2n) is 5.42. The molecule has 0 radical (unpaired) electrons.